The number of rotatable bonds is 8. The maximum Gasteiger partial charge on any atom is 0.174 e. The van der Waals surface area contributed by atoms with E-state index in [1.165, 1.54) is 24.0 Å². The third-order valence-corrected chi connectivity index (χ3v) is 9.30. The van der Waals surface area contributed by atoms with E-state index in [4.69, 9.17) is 14.2 Å². The van der Waals surface area contributed by atoms with Crippen molar-refractivity contribution in [3.63, 3.8) is 0 Å². The monoisotopic (exact) mass is 473 g/mol. The molecule has 5 aliphatic rings. The lowest BCUT2D eigenvalue weighted by Crippen LogP contribution is -2.77. The number of hydrogen-bond acceptors (Lipinski definition) is 5. The van der Waals surface area contributed by atoms with Crippen LogP contribution in [0.1, 0.15) is 62.1 Å². The number of nitrogens with zero attached hydrogens (tertiary/aromatic N) is 1. The molecule has 0 N–H and O–H groups in total. The van der Waals surface area contributed by atoms with Crippen molar-refractivity contribution in [3.05, 3.63) is 59.2 Å². The molecule has 5 nitrogen and oxygen atoms in total. The summed E-state index contributed by atoms with van der Waals surface area (Å²) in [5.74, 6) is 2.62. The summed E-state index contributed by atoms with van der Waals surface area (Å²) in [5, 5.41) is 0. The van der Waals surface area contributed by atoms with Gasteiger partial charge in [0.05, 0.1) is 11.0 Å². The number of ketones is 1. The zero-order valence-electron chi connectivity index (χ0n) is 20.6. The molecular weight excluding hydrogens is 438 g/mol. The van der Waals surface area contributed by atoms with E-state index in [1.807, 2.05) is 18.2 Å². The molecule has 2 aromatic carbocycles. The van der Waals surface area contributed by atoms with Gasteiger partial charge in [-0.05, 0) is 68.2 Å². The molecule has 5 heteroatoms. The molecule has 3 fully saturated rings. The number of ether oxygens (including phenoxy) is 3. The number of benzene rings is 2. The number of Topliss-reactive ketones (excluding diaryl/α,β-unsaturated/α-hetero) is 1. The van der Waals surface area contributed by atoms with Crippen LogP contribution in [0.4, 0.5) is 0 Å². The van der Waals surface area contributed by atoms with E-state index in [0.29, 0.717) is 19.1 Å². The average molecular weight is 474 g/mol. The average Bonchev–Trinajstić information content (AvgIpc) is 3.63. The fourth-order valence-corrected chi connectivity index (χ4v) is 7.65. The summed E-state index contributed by atoms with van der Waals surface area (Å²) in [5.41, 5.74) is 2.89. The molecule has 0 amide bonds. The Morgan fingerprint density at radius 2 is 1.97 bits per heavy atom. The van der Waals surface area contributed by atoms with Crippen LogP contribution in [0.3, 0.4) is 0 Å². The first-order valence-corrected chi connectivity index (χ1v) is 13.6. The van der Waals surface area contributed by atoms with Crippen LogP contribution in [0.15, 0.2) is 42.5 Å². The number of hydrogen-bond donors (Lipinski definition) is 0. The SMILES string of the molecule is CCCO[C@@]12CCC(=O)C3Oc4c(OCc5ccccc5)ccc5c4C31CCN(CC1CC1)[C@@H]2C5. The molecule has 4 atom stereocenters. The van der Waals surface area contributed by atoms with Gasteiger partial charge >= 0.3 is 0 Å². The summed E-state index contributed by atoms with van der Waals surface area (Å²) in [6.07, 6.45) is 6.43. The van der Waals surface area contributed by atoms with Crippen molar-refractivity contribution >= 4 is 5.78 Å². The second kappa shape index (κ2) is 8.07. The molecule has 2 bridgehead atoms. The van der Waals surface area contributed by atoms with Crippen LogP contribution in [0.5, 0.6) is 11.5 Å². The molecule has 0 aromatic heterocycles. The quantitative estimate of drug-likeness (QED) is 0.550. The van der Waals surface area contributed by atoms with Crippen LogP contribution >= 0.6 is 0 Å². The summed E-state index contributed by atoms with van der Waals surface area (Å²) in [4.78, 5) is 16.2. The molecule has 2 aliphatic heterocycles. The Bertz CT molecular complexity index is 1140. The van der Waals surface area contributed by atoms with E-state index in [9.17, 15) is 4.79 Å². The van der Waals surface area contributed by atoms with Crippen LogP contribution in [-0.2, 0) is 28.0 Å². The van der Waals surface area contributed by atoms with Gasteiger partial charge in [0, 0.05) is 31.2 Å². The highest BCUT2D eigenvalue weighted by Gasteiger charge is 2.74. The van der Waals surface area contributed by atoms with Gasteiger partial charge in [-0.25, -0.2) is 0 Å². The van der Waals surface area contributed by atoms with E-state index >= 15 is 0 Å². The highest BCUT2D eigenvalue weighted by molar-refractivity contribution is 5.90. The Balaban J connectivity index is 1.34. The molecule has 2 heterocycles. The van der Waals surface area contributed by atoms with E-state index < -0.39 is 11.5 Å². The maximum atomic E-state index is 13.5. The summed E-state index contributed by atoms with van der Waals surface area (Å²) in [6, 6.07) is 14.8. The molecule has 1 saturated heterocycles. The smallest absolute Gasteiger partial charge is 0.174 e. The van der Waals surface area contributed by atoms with E-state index in [2.05, 4.69) is 36.1 Å². The Kier molecular flexibility index (Phi) is 5.05. The minimum Gasteiger partial charge on any atom is -0.485 e. The number of piperidine rings is 1. The van der Waals surface area contributed by atoms with Gasteiger partial charge in [0.25, 0.3) is 0 Å². The molecule has 7 rings (SSSR count). The summed E-state index contributed by atoms with van der Waals surface area (Å²) < 4.78 is 20.0. The van der Waals surface area contributed by atoms with Gasteiger partial charge in [0.15, 0.2) is 23.4 Å². The molecule has 3 aliphatic carbocycles. The van der Waals surface area contributed by atoms with Gasteiger partial charge in [-0.2, -0.15) is 0 Å². The van der Waals surface area contributed by atoms with Crippen LogP contribution in [0.2, 0.25) is 0 Å². The van der Waals surface area contributed by atoms with E-state index in [0.717, 1.165) is 68.4 Å². The summed E-state index contributed by atoms with van der Waals surface area (Å²) in [6.45, 7) is 5.57. The predicted octanol–water partition coefficient (Wildman–Crippen LogP) is 4.83. The molecule has 35 heavy (non-hydrogen) atoms. The van der Waals surface area contributed by atoms with Gasteiger partial charge in [0.2, 0.25) is 0 Å². The van der Waals surface area contributed by atoms with Crippen LogP contribution in [0.25, 0.3) is 0 Å². The number of likely N-dealkylation sites (tertiary alicyclic amines) is 1. The van der Waals surface area contributed by atoms with Crippen molar-refractivity contribution in [2.75, 3.05) is 19.7 Å². The van der Waals surface area contributed by atoms with Crippen LogP contribution in [-0.4, -0.2) is 48.1 Å². The number of carbonyl (C=O) groups is 1. The molecule has 2 aromatic rings. The highest BCUT2D eigenvalue weighted by Crippen LogP contribution is 2.66. The first-order valence-electron chi connectivity index (χ1n) is 13.6. The standard InChI is InChI=1S/C30H35NO4/c1-2-16-34-30-13-12-23(32)28-29(30)14-15-31(18-20-8-9-20)25(30)17-22-10-11-24(27(35-28)26(22)29)33-19-21-6-4-3-5-7-21/h3-7,10-11,20,25,28H,2,8-9,12-19H2,1H3/t25-,28?,29?,30-/m1/s1. The number of carbonyl (C=O) groups excluding carboxylic acids is 1. The Morgan fingerprint density at radius 1 is 1.11 bits per heavy atom. The molecular formula is C30H35NO4. The van der Waals surface area contributed by atoms with Gasteiger partial charge < -0.3 is 14.2 Å². The zero-order chi connectivity index (χ0) is 23.6. The lowest BCUT2D eigenvalue weighted by atomic mass is 9.48. The van der Waals surface area contributed by atoms with Gasteiger partial charge in [-0.3, -0.25) is 9.69 Å². The second-order valence-electron chi connectivity index (χ2n) is 11.3. The van der Waals surface area contributed by atoms with Crippen molar-refractivity contribution in [2.45, 2.75) is 81.6 Å². The van der Waals surface area contributed by atoms with Gasteiger partial charge in [0.1, 0.15) is 6.61 Å². The summed E-state index contributed by atoms with van der Waals surface area (Å²) in [7, 11) is 0. The van der Waals surface area contributed by atoms with Crippen molar-refractivity contribution in [2.24, 2.45) is 5.92 Å². The van der Waals surface area contributed by atoms with Crippen molar-refractivity contribution < 1.29 is 19.0 Å². The van der Waals surface area contributed by atoms with E-state index in [-0.39, 0.29) is 11.4 Å². The van der Waals surface area contributed by atoms with Gasteiger partial charge in [-0.15, -0.1) is 0 Å². The minimum absolute atomic E-state index is 0.230. The Labute approximate surface area is 207 Å². The maximum absolute atomic E-state index is 13.5. The first-order chi connectivity index (χ1) is 17.2. The van der Waals surface area contributed by atoms with Crippen molar-refractivity contribution in [3.8, 4) is 11.5 Å². The Morgan fingerprint density at radius 3 is 2.77 bits per heavy atom. The van der Waals surface area contributed by atoms with Crippen molar-refractivity contribution in [1.29, 1.82) is 0 Å². The van der Waals surface area contributed by atoms with Crippen LogP contribution in [0, 0.1) is 5.92 Å². The van der Waals surface area contributed by atoms with Crippen LogP contribution < -0.4 is 9.47 Å². The first kappa shape index (κ1) is 21.9. The largest absolute Gasteiger partial charge is 0.485 e. The molecule has 0 radical (unpaired) electrons. The fourth-order valence-electron chi connectivity index (χ4n) is 7.65. The molecule has 1 spiro atoms. The Hall–Kier alpha value is -2.37. The van der Waals surface area contributed by atoms with Gasteiger partial charge in [-0.1, -0.05) is 43.3 Å². The normalized spacial score (nSPS) is 32.8. The third kappa shape index (κ3) is 3.10. The zero-order valence-corrected chi connectivity index (χ0v) is 20.6. The lowest BCUT2D eigenvalue weighted by Gasteiger charge is -2.64. The lowest BCUT2D eigenvalue weighted by molar-refractivity contribution is -0.213. The minimum atomic E-state index is -0.464. The van der Waals surface area contributed by atoms with Crippen molar-refractivity contribution in [1.82, 2.24) is 4.90 Å². The predicted molar refractivity (Wildman–Crippen MR) is 133 cm³/mol. The topological polar surface area (TPSA) is 48.0 Å². The molecule has 2 unspecified atom stereocenters. The third-order valence-electron chi connectivity index (χ3n) is 9.30. The molecule has 184 valence electrons. The fraction of sp³-hybridized carbons (Fsp3) is 0.567. The highest BCUT2D eigenvalue weighted by atomic mass is 16.5. The van der Waals surface area contributed by atoms with E-state index in [1.54, 1.807) is 0 Å². The molecule has 2 saturated carbocycles. The summed E-state index contributed by atoms with van der Waals surface area (Å²) >= 11 is 0. The second-order valence-corrected chi connectivity index (χ2v) is 11.3.